The summed E-state index contributed by atoms with van der Waals surface area (Å²) in [5, 5.41) is 16.0. The number of pyridine rings is 1. The van der Waals surface area contributed by atoms with Gasteiger partial charge in [-0.2, -0.15) is 0 Å². The van der Waals surface area contributed by atoms with Gasteiger partial charge in [0.1, 0.15) is 0 Å². The summed E-state index contributed by atoms with van der Waals surface area (Å²) in [6.45, 7) is 0.0261. The summed E-state index contributed by atoms with van der Waals surface area (Å²) in [5.74, 6) is 0. The molecule has 2 aromatic rings. The number of aliphatic hydroxyl groups is 1. The van der Waals surface area contributed by atoms with Crippen molar-refractivity contribution in [2.75, 3.05) is 11.9 Å². The maximum absolute atomic E-state index is 11.7. The van der Waals surface area contributed by atoms with E-state index in [4.69, 9.17) is 23.2 Å². The molecule has 0 saturated carbocycles. The van der Waals surface area contributed by atoms with E-state index in [1.807, 2.05) is 0 Å². The summed E-state index contributed by atoms with van der Waals surface area (Å²) in [6, 6.07) is 7.68. The maximum atomic E-state index is 11.7. The Hall–Kier alpha value is -1.82. The number of hydrogen-bond acceptors (Lipinski definition) is 3. The molecule has 3 N–H and O–H groups in total. The molecule has 0 aliphatic carbocycles. The van der Waals surface area contributed by atoms with Gasteiger partial charge in [0.2, 0.25) is 0 Å². The Balaban J connectivity index is 1.89. The van der Waals surface area contributed by atoms with Gasteiger partial charge in [-0.15, -0.1) is 0 Å². The van der Waals surface area contributed by atoms with Crippen molar-refractivity contribution in [3.63, 3.8) is 0 Å². The van der Waals surface area contributed by atoms with E-state index >= 15 is 0 Å². The number of rotatable bonds is 4. The summed E-state index contributed by atoms with van der Waals surface area (Å²) >= 11 is 11.8. The number of urea groups is 1. The molecule has 0 fully saturated rings. The third-order valence-corrected chi connectivity index (χ3v) is 3.28. The minimum Gasteiger partial charge on any atom is -0.387 e. The Morgan fingerprint density at radius 3 is 2.62 bits per heavy atom. The number of aliphatic hydroxyl groups excluding tert-OH is 1. The molecule has 5 nitrogen and oxygen atoms in total. The first-order valence-electron chi connectivity index (χ1n) is 6.14. The second-order valence-corrected chi connectivity index (χ2v) is 5.10. The highest BCUT2D eigenvalue weighted by Crippen LogP contribution is 2.25. The smallest absolute Gasteiger partial charge is 0.319 e. The summed E-state index contributed by atoms with van der Waals surface area (Å²) in [5.41, 5.74) is 1.12. The molecular formula is C14H13Cl2N3O2. The molecule has 0 spiro atoms. The molecule has 1 aromatic carbocycles. The Labute approximate surface area is 131 Å². The van der Waals surface area contributed by atoms with Gasteiger partial charge in [-0.1, -0.05) is 29.3 Å². The zero-order chi connectivity index (χ0) is 15.2. The van der Waals surface area contributed by atoms with Gasteiger partial charge in [-0.25, -0.2) is 4.79 Å². The predicted octanol–water partition coefficient (Wildman–Crippen LogP) is 3.24. The number of halogens is 2. The van der Waals surface area contributed by atoms with E-state index in [1.54, 1.807) is 42.7 Å². The molecule has 0 saturated heterocycles. The number of carbonyl (C=O) groups is 1. The molecule has 0 unspecified atom stereocenters. The number of nitrogens with one attached hydrogen (secondary N) is 2. The average molecular weight is 326 g/mol. The quantitative estimate of drug-likeness (QED) is 0.807. The van der Waals surface area contributed by atoms with Crippen molar-refractivity contribution in [1.82, 2.24) is 10.3 Å². The van der Waals surface area contributed by atoms with Crippen LogP contribution in [0.1, 0.15) is 11.7 Å². The number of carbonyl (C=O) groups excluding carboxylic acids is 1. The predicted molar refractivity (Wildman–Crippen MR) is 82.7 cm³/mol. The molecule has 2 rings (SSSR count). The maximum Gasteiger partial charge on any atom is 0.319 e. The molecule has 1 heterocycles. The lowest BCUT2D eigenvalue weighted by atomic mass is 10.1. The first kappa shape index (κ1) is 15.6. The number of anilines is 1. The lowest BCUT2D eigenvalue weighted by Gasteiger charge is -2.14. The Bertz CT molecular complexity index is 623. The summed E-state index contributed by atoms with van der Waals surface area (Å²) < 4.78 is 0. The molecule has 1 aromatic heterocycles. The third-order valence-electron chi connectivity index (χ3n) is 2.72. The molecule has 1 atom stereocenters. The van der Waals surface area contributed by atoms with Gasteiger partial charge in [-0.3, -0.25) is 4.98 Å². The zero-order valence-electron chi connectivity index (χ0n) is 10.9. The van der Waals surface area contributed by atoms with Crippen molar-refractivity contribution in [3.8, 4) is 0 Å². The van der Waals surface area contributed by atoms with Gasteiger partial charge in [-0.05, 0) is 24.3 Å². The van der Waals surface area contributed by atoms with Crippen molar-refractivity contribution in [2.24, 2.45) is 0 Å². The van der Waals surface area contributed by atoms with E-state index in [9.17, 15) is 9.90 Å². The van der Waals surface area contributed by atoms with Gasteiger partial charge < -0.3 is 15.7 Å². The Kier molecular flexibility index (Phi) is 5.38. The van der Waals surface area contributed by atoms with Crippen LogP contribution in [-0.4, -0.2) is 22.7 Å². The van der Waals surface area contributed by atoms with Crippen LogP contribution in [0.15, 0.2) is 42.7 Å². The van der Waals surface area contributed by atoms with Gasteiger partial charge in [0, 0.05) is 40.2 Å². The minimum absolute atomic E-state index is 0.0261. The number of benzene rings is 1. The van der Waals surface area contributed by atoms with E-state index in [1.165, 1.54) is 0 Å². The van der Waals surface area contributed by atoms with Crippen LogP contribution in [0.2, 0.25) is 10.0 Å². The van der Waals surface area contributed by atoms with E-state index in [0.717, 1.165) is 0 Å². The Morgan fingerprint density at radius 2 is 1.95 bits per heavy atom. The van der Waals surface area contributed by atoms with Crippen molar-refractivity contribution < 1.29 is 9.90 Å². The van der Waals surface area contributed by atoms with Crippen molar-refractivity contribution in [3.05, 3.63) is 58.3 Å². The molecule has 0 aliphatic heterocycles. The lowest BCUT2D eigenvalue weighted by molar-refractivity contribution is 0.175. The van der Waals surface area contributed by atoms with Gasteiger partial charge in [0.05, 0.1) is 6.10 Å². The van der Waals surface area contributed by atoms with E-state index in [2.05, 4.69) is 15.6 Å². The standard InChI is InChI=1S/C14H13Cl2N3O2/c15-9-1-2-11(12(16)7-9)13(20)8-18-14(21)19-10-3-5-17-6-4-10/h1-7,13,20H,8H2,(H2,17,18,19,21)/t13-/m1/s1. The van der Waals surface area contributed by atoms with E-state index in [0.29, 0.717) is 21.3 Å². The average Bonchev–Trinajstić information content (AvgIpc) is 2.46. The van der Waals surface area contributed by atoms with Gasteiger partial charge in [0.15, 0.2) is 0 Å². The van der Waals surface area contributed by atoms with Crippen LogP contribution in [0.4, 0.5) is 10.5 Å². The van der Waals surface area contributed by atoms with Crippen molar-refractivity contribution in [2.45, 2.75) is 6.10 Å². The topological polar surface area (TPSA) is 74.2 Å². The SMILES string of the molecule is O=C(NC[C@@H](O)c1ccc(Cl)cc1Cl)Nc1ccncc1. The highest BCUT2D eigenvalue weighted by atomic mass is 35.5. The molecule has 7 heteroatoms. The summed E-state index contributed by atoms with van der Waals surface area (Å²) in [6.07, 6.45) is 2.22. The fraction of sp³-hybridized carbons (Fsp3) is 0.143. The number of nitrogens with zero attached hydrogens (tertiary/aromatic N) is 1. The first-order chi connectivity index (χ1) is 10.1. The number of amides is 2. The molecule has 2 amide bonds. The number of aromatic nitrogens is 1. The highest BCUT2D eigenvalue weighted by Gasteiger charge is 2.13. The lowest BCUT2D eigenvalue weighted by Crippen LogP contribution is -2.32. The van der Waals surface area contributed by atoms with E-state index in [-0.39, 0.29) is 6.54 Å². The summed E-state index contributed by atoms with van der Waals surface area (Å²) in [4.78, 5) is 15.5. The number of hydrogen-bond donors (Lipinski definition) is 3. The van der Waals surface area contributed by atoms with Gasteiger partial charge >= 0.3 is 6.03 Å². The fourth-order valence-electron chi connectivity index (χ4n) is 1.68. The van der Waals surface area contributed by atoms with Crippen LogP contribution in [0.3, 0.4) is 0 Å². The van der Waals surface area contributed by atoms with Crippen LogP contribution in [-0.2, 0) is 0 Å². The van der Waals surface area contributed by atoms with Crippen molar-refractivity contribution in [1.29, 1.82) is 0 Å². The van der Waals surface area contributed by atoms with Crippen LogP contribution >= 0.6 is 23.2 Å². The van der Waals surface area contributed by atoms with Crippen LogP contribution < -0.4 is 10.6 Å². The second-order valence-electron chi connectivity index (χ2n) is 4.25. The molecule has 0 aliphatic rings. The fourth-order valence-corrected chi connectivity index (χ4v) is 2.22. The molecule has 0 radical (unpaired) electrons. The third kappa shape index (κ3) is 4.60. The highest BCUT2D eigenvalue weighted by molar-refractivity contribution is 6.35. The monoisotopic (exact) mass is 325 g/mol. The molecular weight excluding hydrogens is 313 g/mol. The van der Waals surface area contributed by atoms with Crippen molar-refractivity contribution >= 4 is 34.9 Å². The second kappa shape index (κ2) is 7.26. The molecule has 21 heavy (non-hydrogen) atoms. The normalized spacial score (nSPS) is 11.8. The van der Waals surface area contributed by atoms with Crippen LogP contribution in [0.5, 0.6) is 0 Å². The first-order valence-corrected chi connectivity index (χ1v) is 6.90. The largest absolute Gasteiger partial charge is 0.387 e. The van der Waals surface area contributed by atoms with Crippen LogP contribution in [0, 0.1) is 0 Å². The van der Waals surface area contributed by atoms with Crippen LogP contribution in [0.25, 0.3) is 0 Å². The minimum atomic E-state index is -0.919. The molecule has 0 bridgehead atoms. The Morgan fingerprint density at radius 1 is 1.24 bits per heavy atom. The van der Waals surface area contributed by atoms with E-state index < -0.39 is 12.1 Å². The summed E-state index contributed by atoms with van der Waals surface area (Å²) in [7, 11) is 0. The van der Waals surface area contributed by atoms with Gasteiger partial charge in [0.25, 0.3) is 0 Å². The molecule has 110 valence electrons. The zero-order valence-corrected chi connectivity index (χ0v) is 12.4.